The number of piperidine rings is 1. The molecular weight excluding hydrogens is 240 g/mol. The van der Waals surface area contributed by atoms with Crippen LogP contribution in [0.3, 0.4) is 0 Å². The summed E-state index contributed by atoms with van der Waals surface area (Å²) in [6, 6.07) is 0. The normalized spacial score (nSPS) is 23.9. The van der Waals surface area contributed by atoms with Gasteiger partial charge in [-0.15, -0.1) is 0 Å². The second-order valence-electron chi connectivity index (χ2n) is 5.57. The molecule has 0 aromatic rings. The fourth-order valence-electron chi connectivity index (χ4n) is 2.11. The first-order chi connectivity index (χ1) is 7.77. The van der Waals surface area contributed by atoms with E-state index in [1.807, 2.05) is 0 Å². The minimum absolute atomic E-state index is 0.0219. The van der Waals surface area contributed by atoms with E-state index in [0.717, 1.165) is 12.8 Å². The first-order valence-electron chi connectivity index (χ1n) is 6.17. The molecule has 1 atom stereocenters. The number of hydrogen-bond acceptors (Lipinski definition) is 3. The van der Waals surface area contributed by atoms with Crippen molar-refractivity contribution >= 4 is 10.2 Å². The van der Waals surface area contributed by atoms with Crippen LogP contribution in [0.1, 0.15) is 40.0 Å². The van der Waals surface area contributed by atoms with E-state index < -0.39 is 15.7 Å². The van der Waals surface area contributed by atoms with Crippen molar-refractivity contribution in [2.24, 2.45) is 5.92 Å². The molecule has 2 N–H and O–H groups in total. The minimum Gasteiger partial charge on any atom is -0.396 e. The molecule has 0 amide bonds. The minimum atomic E-state index is -3.42. The van der Waals surface area contributed by atoms with E-state index in [1.54, 1.807) is 13.8 Å². The van der Waals surface area contributed by atoms with Gasteiger partial charge in [-0.2, -0.15) is 17.4 Å². The molecule has 0 saturated carbocycles. The van der Waals surface area contributed by atoms with E-state index in [-0.39, 0.29) is 6.61 Å². The topological polar surface area (TPSA) is 69.6 Å². The Balaban J connectivity index is 2.67. The molecule has 1 heterocycles. The highest BCUT2D eigenvalue weighted by atomic mass is 32.2. The third kappa shape index (κ3) is 4.54. The fraction of sp³-hybridized carbons (Fsp3) is 1.00. The van der Waals surface area contributed by atoms with Crippen molar-refractivity contribution in [2.45, 2.75) is 45.6 Å². The number of hydrogen-bond donors (Lipinski definition) is 2. The lowest BCUT2D eigenvalue weighted by molar-refractivity contribution is 0.237. The monoisotopic (exact) mass is 264 g/mol. The van der Waals surface area contributed by atoms with Crippen LogP contribution in [0.25, 0.3) is 0 Å². The van der Waals surface area contributed by atoms with Gasteiger partial charge in [-0.1, -0.05) is 6.92 Å². The smallest absolute Gasteiger partial charge is 0.279 e. The molecule has 6 heteroatoms. The number of aliphatic hydroxyl groups excluding tert-OH is 1. The van der Waals surface area contributed by atoms with E-state index in [0.29, 0.717) is 25.4 Å². The van der Waals surface area contributed by atoms with Gasteiger partial charge in [0.15, 0.2) is 0 Å². The average Bonchev–Trinajstić information content (AvgIpc) is 2.15. The maximum Gasteiger partial charge on any atom is 0.279 e. The summed E-state index contributed by atoms with van der Waals surface area (Å²) in [5, 5.41) is 8.90. The molecule has 0 aromatic carbocycles. The van der Waals surface area contributed by atoms with Gasteiger partial charge in [-0.05, 0) is 39.0 Å². The molecule has 0 radical (unpaired) electrons. The predicted molar refractivity (Wildman–Crippen MR) is 67.8 cm³/mol. The summed E-state index contributed by atoms with van der Waals surface area (Å²) in [5.74, 6) is 0.418. The van der Waals surface area contributed by atoms with Crippen LogP contribution in [0.15, 0.2) is 0 Å². The standard InChI is InChI=1S/C11H24N2O3S/c1-10-5-4-7-13(9-10)17(15,16)12-11(2,3)6-8-14/h10,12,14H,4-9H2,1-3H3. The molecule has 1 rings (SSSR count). The summed E-state index contributed by atoms with van der Waals surface area (Å²) in [4.78, 5) is 0. The van der Waals surface area contributed by atoms with Crippen molar-refractivity contribution in [1.29, 1.82) is 0 Å². The summed E-state index contributed by atoms with van der Waals surface area (Å²) in [5.41, 5.74) is -0.603. The molecule has 1 unspecified atom stereocenters. The molecule has 1 aliphatic rings. The summed E-state index contributed by atoms with van der Waals surface area (Å²) in [6.45, 7) is 6.80. The fourth-order valence-corrected chi connectivity index (χ4v) is 3.86. The van der Waals surface area contributed by atoms with Crippen LogP contribution >= 0.6 is 0 Å². The molecule has 1 aliphatic heterocycles. The Morgan fingerprint density at radius 1 is 1.47 bits per heavy atom. The van der Waals surface area contributed by atoms with Crippen LogP contribution in [-0.2, 0) is 10.2 Å². The van der Waals surface area contributed by atoms with Gasteiger partial charge in [0.05, 0.1) is 0 Å². The number of nitrogens with zero attached hydrogens (tertiary/aromatic N) is 1. The average molecular weight is 264 g/mol. The van der Waals surface area contributed by atoms with E-state index in [1.165, 1.54) is 4.31 Å². The maximum atomic E-state index is 12.2. The Hall–Kier alpha value is -0.170. The van der Waals surface area contributed by atoms with Gasteiger partial charge in [0.25, 0.3) is 10.2 Å². The van der Waals surface area contributed by atoms with Gasteiger partial charge in [0, 0.05) is 25.2 Å². The van der Waals surface area contributed by atoms with Crippen molar-refractivity contribution in [3.05, 3.63) is 0 Å². The highest BCUT2D eigenvalue weighted by Crippen LogP contribution is 2.19. The quantitative estimate of drug-likeness (QED) is 0.768. The molecule has 1 fully saturated rings. The SMILES string of the molecule is CC1CCCN(S(=O)(=O)NC(C)(C)CCO)C1. The lowest BCUT2D eigenvalue weighted by Gasteiger charge is -2.34. The van der Waals surface area contributed by atoms with Gasteiger partial charge in [0.2, 0.25) is 0 Å². The van der Waals surface area contributed by atoms with Gasteiger partial charge in [0.1, 0.15) is 0 Å². The van der Waals surface area contributed by atoms with Crippen LogP contribution in [0.2, 0.25) is 0 Å². The number of aliphatic hydroxyl groups is 1. The molecule has 17 heavy (non-hydrogen) atoms. The maximum absolute atomic E-state index is 12.2. The molecule has 5 nitrogen and oxygen atoms in total. The molecule has 0 spiro atoms. The molecule has 0 aromatic heterocycles. The first kappa shape index (κ1) is 14.9. The second-order valence-corrected chi connectivity index (χ2v) is 7.24. The van der Waals surface area contributed by atoms with E-state index >= 15 is 0 Å². The van der Waals surface area contributed by atoms with Crippen molar-refractivity contribution in [3.63, 3.8) is 0 Å². The predicted octanol–water partition coefficient (Wildman–Crippen LogP) is 0.714. The number of rotatable bonds is 5. The Bertz CT molecular complexity index is 341. The van der Waals surface area contributed by atoms with Crippen molar-refractivity contribution in [3.8, 4) is 0 Å². The lowest BCUT2D eigenvalue weighted by atomic mass is 10.0. The van der Waals surface area contributed by atoms with E-state index in [9.17, 15) is 8.42 Å². The van der Waals surface area contributed by atoms with E-state index in [2.05, 4.69) is 11.6 Å². The Kier molecular flexibility index (Phi) is 4.95. The third-order valence-corrected chi connectivity index (χ3v) is 4.92. The van der Waals surface area contributed by atoms with Gasteiger partial charge in [-0.25, -0.2) is 0 Å². The van der Waals surface area contributed by atoms with Crippen molar-refractivity contribution in [2.75, 3.05) is 19.7 Å². The summed E-state index contributed by atoms with van der Waals surface area (Å²) < 4.78 is 28.5. The Morgan fingerprint density at radius 3 is 2.65 bits per heavy atom. The molecule has 0 bridgehead atoms. The zero-order valence-electron chi connectivity index (χ0n) is 10.9. The lowest BCUT2D eigenvalue weighted by Crippen LogP contribution is -2.52. The largest absolute Gasteiger partial charge is 0.396 e. The van der Waals surface area contributed by atoms with Gasteiger partial charge >= 0.3 is 0 Å². The zero-order valence-corrected chi connectivity index (χ0v) is 11.8. The zero-order chi connectivity index (χ0) is 13.1. The highest BCUT2D eigenvalue weighted by Gasteiger charge is 2.31. The van der Waals surface area contributed by atoms with Gasteiger partial charge < -0.3 is 5.11 Å². The van der Waals surface area contributed by atoms with Crippen LogP contribution in [0.4, 0.5) is 0 Å². The second kappa shape index (κ2) is 5.65. The molecule has 102 valence electrons. The molecular formula is C11H24N2O3S. The number of nitrogens with one attached hydrogen (secondary N) is 1. The van der Waals surface area contributed by atoms with Crippen LogP contribution in [0, 0.1) is 5.92 Å². The Morgan fingerprint density at radius 2 is 2.12 bits per heavy atom. The van der Waals surface area contributed by atoms with E-state index in [4.69, 9.17) is 5.11 Å². The van der Waals surface area contributed by atoms with Crippen molar-refractivity contribution < 1.29 is 13.5 Å². The van der Waals surface area contributed by atoms with Crippen LogP contribution in [0.5, 0.6) is 0 Å². The summed E-state index contributed by atoms with van der Waals surface area (Å²) in [6.07, 6.45) is 2.42. The summed E-state index contributed by atoms with van der Waals surface area (Å²) in [7, 11) is -3.42. The highest BCUT2D eigenvalue weighted by molar-refractivity contribution is 7.87. The van der Waals surface area contributed by atoms with Gasteiger partial charge in [-0.3, -0.25) is 0 Å². The third-order valence-electron chi connectivity index (χ3n) is 3.10. The molecule has 1 saturated heterocycles. The van der Waals surface area contributed by atoms with Crippen LogP contribution < -0.4 is 4.72 Å². The van der Waals surface area contributed by atoms with Crippen molar-refractivity contribution in [1.82, 2.24) is 9.03 Å². The Labute approximate surface area is 104 Å². The first-order valence-corrected chi connectivity index (χ1v) is 7.61. The molecule has 0 aliphatic carbocycles. The van der Waals surface area contributed by atoms with Crippen LogP contribution in [-0.4, -0.2) is 43.1 Å². The summed E-state index contributed by atoms with van der Waals surface area (Å²) >= 11 is 0.